The van der Waals surface area contributed by atoms with Crippen molar-refractivity contribution in [3.05, 3.63) is 18.2 Å². The van der Waals surface area contributed by atoms with E-state index in [1.165, 1.54) is 6.42 Å². The van der Waals surface area contributed by atoms with Crippen LogP contribution in [-0.4, -0.2) is 12.7 Å². The van der Waals surface area contributed by atoms with Gasteiger partial charge in [-0.05, 0) is 49.7 Å². The Balaban J connectivity index is 2.02. The molecule has 1 aromatic carbocycles. The van der Waals surface area contributed by atoms with Crippen LogP contribution in [0.4, 0.5) is 5.69 Å². The Morgan fingerprint density at radius 2 is 1.90 bits per heavy atom. The molecule has 3 heteroatoms. The van der Waals surface area contributed by atoms with Gasteiger partial charge in [-0.3, -0.25) is 0 Å². The summed E-state index contributed by atoms with van der Waals surface area (Å²) in [5, 5.41) is 0. The fourth-order valence-corrected chi connectivity index (χ4v) is 2.75. The molecule has 1 aliphatic carbocycles. The minimum Gasteiger partial charge on any atom is -0.491 e. The summed E-state index contributed by atoms with van der Waals surface area (Å²) in [4.78, 5) is 0. The van der Waals surface area contributed by atoms with Crippen LogP contribution in [0.25, 0.3) is 0 Å². The number of nitrogen functional groups attached to an aromatic ring is 1. The number of para-hydroxylation sites is 1. The van der Waals surface area contributed by atoms with Crippen molar-refractivity contribution in [2.75, 3.05) is 12.3 Å². The second-order valence-corrected chi connectivity index (χ2v) is 6.02. The van der Waals surface area contributed by atoms with E-state index in [1.54, 1.807) is 0 Å². The minimum absolute atomic E-state index is 0.282. The first-order valence-corrected chi connectivity index (χ1v) is 7.79. The Kier molecular flexibility index (Phi) is 5.16. The maximum atomic E-state index is 6.15. The fourth-order valence-electron chi connectivity index (χ4n) is 2.75. The molecule has 0 bridgehead atoms. The molecule has 2 N–H and O–H groups in total. The molecule has 2 rings (SSSR count). The lowest BCUT2D eigenvalue weighted by molar-refractivity contribution is 0.101. The number of hydrogen-bond donors (Lipinski definition) is 1. The van der Waals surface area contributed by atoms with Crippen LogP contribution in [0.2, 0.25) is 0 Å². The molecule has 3 atom stereocenters. The van der Waals surface area contributed by atoms with E-state index in [4.69, 9.17) is 15.2 Å². The Hall–Kier alpha value is -1.38. The van der Waals surface area contributed by atoms with E-state index in [9.17, 15) is 0 Å². The molecule has 20 heavy (non-hydrogen) atoms. The molecule has 3 unspecified atom stereocenters. The van der Waals surface area contributed by atoms with Crippen molar-refractivity contribution in [2.24, 2.45) is 11.8 Å². The van der Waals surface area contributed by atoms with E-state index in [2.05, 4.69) is 20.8 Å². The van der Waals surface area contributed by atoms with Gasteiger partial charge in [-0.15, -0.1) is 0 Å². The van der Waals surface area contributed by atoms with Gasteiger partial charge < -0.3 is 15.2 Å². The van der Waals surface area contributed by atoms with E-state index in [1.807, 2.05) is 18.2 Å². The van der Waals surface area contributed by atoms with Gasteiger partial charge in [0.2, 0.25) is 0 Å². The Bertz CT molecular complexity index is 433. The molecule has 0 radical (unpaired) electrons. The summed E-state index contributed by atoms with van der Waals surface area (Å²) in [6, 6.07) is 5.80. The largest absolute Gasteiger partial charge is 0.491 e. The van der Waals surface area contributed by atoms with Crippen LogP contribution in [0.3, 0.4) is 0 Å². The molecule has 1 saturated carbocycles. The quantitative estimate of drug-likeness (QED) is 0.818. The zero-order valence-electron chi connectivity index (χ0n) is 12.9. The lowest BCUT2D eigenvalue weighted by Gasteiger charge is -2.32. The van der Waals surface area contributed by atoms with Gasteiger partial charge in [0.1, 0.15) is 17.2 Å². The smallest absolute Gasteiger partial charge is 0.146 e. The summed E-state index contributed by atoms with van der Waals surface area (Å²) >= 11 is 0. The summed E-state index contributed by atoms with van der Waals surface area (Å²) in [5.41, 5.74) is 6.78. The van der Waals surface area contributed by atoms with E-state index < -0.39 is 0 Å². The molecule has 0 amide bonds. The van der Waals surface area contributed by atoms with Crippen LogP contribution in [-0.2, 0) is 0 Å². The molecule has 0 saturated heterocycles. The first-order valence-electron chi connectivity index (χ1n) is 7.79. The predicted octanol–water partition coefficient (Wildman–Crippen LogP) is 4.26. The van der Waals surface area contributed by atoms with Gasteiger partial charge in [-0.1, -0.05) is 26.8 Å². The summed E-state index contributed by atoms with van der Waals surface area (Å²) in [7, 11) is 0. The normalized spacial score (nSPS) is 26.2. The van der Waals surface area contributed by atoms with Crippen LogP contribution in [0.5, 0.6) is 11.5 Å². The summed E-state index contributed by atoms with van der Waals surface area (Å²) in [5.74, 6) is 3.02. The lowest BCUT2D eigenvalue weighted by Crippen LogP contribution is -2.29. The summed E-state index contributed by atoms with van der Waals surface area (Å²) in [6.07, 6.45) is 4.72. The van der Waals surface area contributed by atoms with Crippen molar-refractivity contribution >= 4 is 5.69 Å². The lowest BCUT2D eigenvalue weighted by atomic mass is 9.80. The van der Waals surface area contributed by atoms with Crippen LogP contribution in [0, 0.1) is 11.8 Å². The third-order valence-electron chi connectivity index (χ3n) is 4.33. The molecule has 112 valence electrons. The fraction of sp³-hybridized carbons (Fsp3) is 0.647. The molecule has 1 fully saturated rings. The van der Waals surface area contributed by atoms with Crippen LogP contribution in [0.15, 0.2) is 18.2 Å². The van der Waals surface area contributed by atoms with Crippen molar-refractivity contribution in [3.63, 3.8) is 0 Å². The molecular weight excluding hydrogens is 250 g/mol. The zero-order chi connectivity index (χ0) is 14.5. The van der Waals surface area contributed by atoms with Crippen molar-refractivity contribution < 1.29 is 9.47 Å². The average Bonchev–Trinajstić information content (AvgIpc) is 2.44. The van der Waals surface area contributed by atoms with Gasteiger partial charge in [0.25, 0.3) is 0 Å². The molecule has 0 heterocycles. The van der Waals surface area contributed by atoms with Crippen molar-refractivity contribution in [2.45, 2.75) is 52.6 Å². The summed E-state index contributed by atoms with van der Waals surface area (Å²) in [6.45, 7) is 7.41. The van der Waals surface area contributed by atoms with Crippen LogP contribution >= 0.6 is 0 Å². The standard InChI is InChI=1S/C17H27NO2/c1-4-10-19-15-6-5-7-16(17(15)18)20-14-9-8-12(2)13(3)11-14/h5-7,12-14H,4,8-11,18H2,1-3H3. The second kappa shape index (κ2) is 6.87. The predicted molar refractivity (Wildman–Crippen MR) is 83.2 cm³/mol. The zero-order valence-corrected chi connectivity index (χ0v) is 12.9. The highest BCUT2D eigenvalue weighted by Gasteiger charge is 2.26. The third kappa shape index (κ3) is 3.59. The van der Waals surface area contributed by atoms with Crippen molar-refractivity contribution in [1.29, 1.82) is 0 Å². The van der Waals surface area contributed by atoms with Crippen molar-refractivity contribution in [1.82, 2.24) is 0 Å². The first kappa shape index (κ1) is 15.0. The number of benzene rings is 1. The number of nitrogens with two attached hydrogens (primary N) is 1. The molecule has 1 aliphatic rings. The molecule has 0 aliphatic heterocycles. The van der Waals surface area contributed by atoms with Gasteiger partial charge in [-0.25, -0.2) is 0 Å². The highest BCUT2D eigenvalue weighted by Crippen LogP contribution is 2.36. The number of ether oxygens (including phenoxy) is 2. The Morgan fingerprint density at radius 1 is 1.15 bits per heavy atom. The van der Waals surface area contributed by atoms with E-state index in [0.717, 1.165) is 42.6 Å². The maximum absolute atomic E-state index is 6.15. The van der Waals surface area contributed by atoms with E-state index >= 15 is 0 Å². The van der Waals surface area contributed by atoms with Crippen molar-refractivity contribution in [3.8, 4) is 11.5 Å². The highest BCUT2D eigenvalue weighted by molar-refractivity contribution is 5.62. The van der Waals surface area contributed by atoms with Gasteiger partial charge in [0.05, 0.1) is 12.7 Å². The Labute approximate surface area is 122 Å². The van der Waals surface area contributed by atoms with E-state index in [0.29, 0.717) is 12.3 Å². The topological polar surface area (TPSA) is 44.5 Å². The number of anilines is 1. The maximum Gasteiger partial charge on any atom is 0.146 e. The van der Waals surface area contributed by atoms with Gasteiger partial charge in [0.15, 0.2) is 0 Å². The third-order valence-corrected chi connectivity index (χ3v) is 4.33. The molecule has 0 spiro atoms. The molecule has 1 aromatic rings. The molecule has 0 aromatic heterocycles. The highest BCUT2D eigenvalue weighted by atomic mass is 16.5. The van der Waals surface area contributed by atoms with Crippen LogP contribution < -0.4 is 15.2 Å². The van der Waals surface area contributed by atoms with Crippen LogP contribution in [0.1, 0.15) is 46.5 Å². The number of hydrogen-bond acceptors (Lipinski definition) is 3. The Morgan fingerprint density at radius 3 is 2.60 bits per heavy atom. The van der Waals surface area contributed by atoms with Gasteiger partial charge >= 0.3 is 0 Å². The SMILES string of the molecule is CCCOc1cccc(OC2CCC(C)C(C)C2)c1N. The average molecular weight is 277 g/mol. The second-order valence-electron chi connectivity index (χ2n) is 6.02. The van der Waals surface area contributed by atoms with E-state index in [-0.39, 0.29) is 6.10 Å². The summed E-state index contributed by atoms with van der Waals surface area (Å²) < 4.78 is 11.8. The molecule has 3 nitrogen and oxygen atoms in total. The van der Waals surface area contributed by atoms with Gasteiger partial charge in [0, 0.05) is 0 Å². The number of rotatable bonds is 5. The minimum atomic E-state index is 0.282. The first-order chi connectivity index (χ1) is 9.61. The monoisotopic (exact) mass is 277 g/mol. The van der Waals surface area contributed by atoms with Gasteiger partial charge in [-0.2, -0.15) is 0 Å². The molecular formula is C17H27NO2.